The molecule has 0 N–H and O–H groups in total. The summed E-state index contributed by atoms with van der Waals surface area (Å²) in [5, 5.41) is 0. The second kappa shape index (κ2) is 8.14. The predicted molar refractivity (Wildman–Crippen MR) is 111 cm³/mol. The van der Waals surface area contributed by atoms with Crippen molar-refractivity contribution in [2.45, 2.75) is 51.1 Å². The van der Waals surface area contributed by atoms with E-state index in [-0.39, 0.29) is 0 Å². The summed E-state index contributed by atoms with van der Waals surface area (Å²) < 4.78 is 0. The first kappa shape index (κ1) is 18.1. The third-order valence-electron chi connectivity index (χ3n) is 4.90. The molecule has 0 saturated carbocycles. The van der Waals surface area contributed by atoms with E-state index in [1.807, 2.05) is 0 Å². The van der Waals surface area contributed by atoms with Crippen LogP contribution in [-0.4, -0.2) is 17.2 Å². The Bertz CT molecular complexity index is 713. The molecule has 2 aromatic rings. The fraction of sp³-hybridized carbons (Fsp3) is 0.391. The minimum absolute atomic E-state index is 0.561. The van der Waals surface area contributed by atoms with Crippen LogP contribution in [0.25, 0.3) is 5.70 Å². The van der Waals surface area contributed by atoms with Gasteiger partial charge in [-0.25, -0.2) is 0 Å². The van der Waals surface area contributed by atoms with Gasteiger partial charge < -0.3 is 4.90 Å². The van der Waals surface area contributed by atoms with Gasteiger partial charge >= 0.3 is 0 Å². The number of benzene rings is 2. The van der Waals surface area contributed by atoms with Crippen LogP contribution in [0.5, 0.6) is 0 Å². The van der Waals surface area contributed by atoms with Gasteiger partial charge in [0.15, 0.2) is 0 Å². The zero-order valence-electron chi connectivity index (χ0n) is 15.8. The average Bonchev–Trinajstić information content (AvgIpc) is 2.97. The smallest absolute Gasteiger partial charge is 0.0432 e. The first-order chi connectivity index (χ1) is 12.1. The largest absolute Gasteiger partial charge is 0.364 e. The van der Waals surface area contributed by atoms with E-state index in [4.69, 9.17) is 0 Å². The van der Waals surface area contributed by atoms with Crippen molar-refractivity contribution >= 4 is 17.5 Å². The van der Waals surface area contributed by atoms with Crippen LogP contribution in [0.2, 0.25) is 0 Å². The lowest BCUT2D eigenvalue weighted by molar-refractivity contribution is 0.327. The predicted octanol–water partition coefficient (Wildman–Crippen LogP) is 6.24. The molecule has 132 valence electrons. The first-order valence-corrected chi connectivity index (χ1v) is 10.5. The highest BCUT2D eigenvalue weighted by Gasteiger charge is 2.23. The fourth-order valence-electron chi connectivity index (χ4n) is 3.50. The van der Waals surface area contributed by atoms with Crippen LogP contribution >= 0.6 is 11.8 Å². The van der Waals surface area contributed by atoms with Crippen LogP contribution in [-0.2, 0) is 13.0 Å². The van der Waals surface area contributed by atoms with Gasteiger partial charge in [-0.15, -0.1) is 11.8 Å². The Kier molecular flexibility index (Phi) is 5.90. The Morgan fingerprint density at radius 3 is 2.24 bits per heavy atom. The van der Waals surface area contributed by atoms with Crippen LogP contribution in [0, 0.1) is 5.92 Å². The molecular formula is C23H29NS. The molecule has 0 bridgehead atoms. The molecule has 1 aliphatic rings. The number of hydrogen-bond donors (Lipinski definition) is 0. The lowest BCUT2D eigenvalue weighted by Crippen LogP contribution is -2.26. The monoisotopic (exact) mass is 351 g/mol. The van der Waals surface area contributed by atoms with Crippen molar-refractivity contribution in [3.05, 3.63) is 71.3 Å². The molecule has 2 aromatic carbocycles. The van der Waals surface area contributed by atoms with Crippen LogP contribution in [0.1, 0.15) is 43.9 Å². The van der Waals surface area contributed by atoms with Gasteiger partial charge in [-0.3, -0.25) is 0 Å². The van der Waals surface area contributed by atoms with Crippen LogP contribution < -0.4 is 0 Å². The van der Waals surface area contributed by atoms with Crippen molar-refractivity contribution < 1.29 is 0 Å². The van der Waals surface area contributed by atoms with Gasteiger partial charge in [-0.05, 0) is 60.8 Å². The quantitative estimate of drug-likeness (QED) is 0.566. The molecule has 25 heavy (non-hydrogen) atoms. The van der Waals surface area contributed by atoms with Crippen molar-refractivity contribution in [2.24, 2.45) is 5.92 Å². The van der Waals surface area contributed by atoms with Crippen LogP contribution in [0.3, 0.4) is 0 Å². The molecule has 1 aliphatic heterocycles. The standard InChI is InChI=1S/C23H29NS/c1-17(2)15-19-6-8-20(9-7-19)16-24-18(3)5-14-23(24)21-10-12-22(25-4)13-11-21/h6-14,17-18H,5,15-16H2,1-4H3. The summed E-state index contributed by atoms with van der Waals surface area (Å²) in [4.78, 5) is 3.87. The first-order valence-electron chi connectivity index (χ1n) is 9.26. The molecule has 0 radical (unpaired) electrons. The Labute approximate surface area is 157 Å². The molecule has 0 spiro atoms. The minimum Gasteiger partial charge on any atom is -0.364 e. The van der Waals surface area contributed by atoms with Gasteiger partial charge in [-0.2, -0.15) is 0 Å². The highest BCUT2D eigenvalue weighted by molar-refractivity contribution is 7.98. The molecular weight excluding hydrogens is 322 g/mol. The summed E-state index contributed by atoms with van der Waals surface area (Å²) in [7, 11) is 0. The highest BCUT2D eigenvalue weighted by Crippen LogP contribution is 2.32. The minimum atomic E-state index is 0.561. The van der Waals surface area contributed by atoms with Crippen molar-refractivity contribution in [3.8, 4) is 0 Å². The lowest BCUT2D eigenvalue weighted by atomic mass is 10.0. The number of thioether (sulfide) groups is 1. The Hall–Kier alpha value is -1.67. The summed E-state index contributed by atoms with van der Waals surface area (Å²) in [6.45, 7) is 7.87. The molecule has 0 fully saturated rings. The Morgan fingerprint density at radius 1 is 1.00 bits per heavy atom. The molecule has 3 rings (SSSR count). The molecule has 1 unspecified atom stereocenters. The number of nitrogens with zero attached hydrogens (tertiary/aromatic N) is 1. The van der Waals surface area contributed by atoms with Gasteiger partial charge in [0.05, 0.1) is 0 Å². The van der Waals surface area contributed by atoms with E-state index in [0.29, 0.717) is 12.0 Å². The third-order valence-corrected chi connectivity index (χ3v) is 5.64. The maximum Gasteiger partial charge on any atom is 0.0432 e. The summed E-state index contributed by atoms with van der Waals surface area (Å²) in [5.41, 5.74) is 5.55. The zero-order chi connectivity index (χ0) is 17.8. The maximum absolute atomic E-state index is 2.55. The van der Waals surface area contributed by atoms with Crippen molar-refractivity contribution in [1.29, 1.82) is 0 Å². The van der Waals surface area contributed by atoms with E-state index >= 15 is 0 Å². The molecule has 1 nitrogen and oxygen atoms in total. The van der Waals surface area contributed by atoms with Crippen molar-refractivity contribution in [3.63, 3.8) is 0 Å². The molecule has 2 heteroatoms. The van der Waals surface area contributed by atoms with E-state index in [1.54, 1.807) is 11.8 Å². The molecule has 1 atom stereocenters. The molecule has 0 aromatic heterocycles. The Morgan fingerprint density at radius 2 is 1.64 bits per heavy atom. The van der Waals surface area contributed by atoms with E-state index in [0.717, 1.165) is 19.4 Å². The molecule has 1 heterocycles. The SMILES string of the molecule is CSc1ccc(C2=CCC(C)N2Cc2ccc(CC(C)C)cc2)cc1. The normalized spacial score (nSPS) is 17.2. The zero-order valence-corrected chi connectivity index (χ0v) is 16.6. The van der Waals surface area contributed by atoms with Crippen LogP contribution in [0.15, 0.2) is 59.5 Å². The van der Waals surface area contributed by atoms with Crippen molar-refractivity contribution in [2.75, 3.05) is 6.26 Å². The highest BCUT2D eigenvalue weighted by atomic mass is 32.2. The summed E-state index contributed by atoms with van der Waals surface area (Å²) in [6.07, 6.45) is 6.81. The van der Waals surface area contributed by atoms with Gasteiger partial charge in [0.1, 0.15) is 0 Å². The fourth-order valence-corrected chi connectivity index (χ4v) is 3.91. The van der Waals surface area contributed by atoms with E-state index < -0.39 is 0 Å². The molecule has 0 amide bonds. The summed E-state index contributed by atoms with van der Waals surface area (Å²) in [5.74, 6) is 0.711. The molecule has 0 aliphatic carbocycles. The topological polar surface area (TPSA) is 3.24 Å². The van der Waals surface area contributed by atoms with Gasteiger partial charge in [0.2, 0.25) is 0 Å². The van der Waals surface area contributed by atoms with E-state index in [2.05, 4.69) is 86.5 Å². The second-order valence-electron chi connectivity index (χ2n) is 7.44. The van der Waals surface area contributed by atoms with Gasteiger partial charge in [0.25, 0.3) is 0 Å². The summed E-state index contributed by atoms with van der Waals surface area (Å²) in [6, 6.07) is 18.7. The summed E-state index contributed by atoms with van der Waals surface area (Å²) >= 11 is 1.80. The number of rotatable bonds is 6. The van der Waals surface area contributed by atoms with E-state index in [9.17, 15) is 0 Å². The van der Waals surface area contributed by atoms with Gasteiger partial charge in [-0.1, -0.05) is 56.3 Å². The lowest BCUT2D eigenvalue weighted by Gasteiger charge is -2.28. The average molecular weight is 352 g/mol. The van der Waals surface area contributed by atoms with E-state index in [1.165, 1.54) is 27.3 Å². The van der Waals surface area contributed by atoms with Gasteiger partial charge in [0, 0.05) is 23.2 Å². The van der Waals surface area contributed by atoms with Crippen molar-refractivity contribution in [1.82, 2.24) is 4.90 Å². The van der Waals surface area contributed by atoms with Crippen LogP contribution in [0.4, 0.5) is 0 Å². The maximum atomic E-state index is 2.55. The second-order valence-corrected chi connectivity index (χ2v) is 8.32. The molecule has 0 saturated heterocycles. The number of hydrogen-bond acceptors (Lipinski definition) is 2. The third kappa shape index (κ3) is 4.49. The Balaban J connectivity index is 1.74.